The molecule has 1 amide bonds. The summed E-state index contributed by atoms with van der Waals surface area (Å²) in [6.45, 7) is 1.60. The third-order valence-corrected chi connectivity index (χ3v) is 4.56. The fourth-order valence-corrected chi connectivity index (χ4v) is 2.97. The normalized spacial score (nSPS) is 10.1. The molecule has 0 aromatic heterocycles. The number of methoxy groups -OCH3 is 1. The van der Waals surface area contributed by atoms with E-state index in [-0.39, 0.29) is 11.3 Å². The lowest BCUT2D eigenvalue weighted by molar-refractivity contribution is -0.144. The molecule has 0 unspecified atom stereocenters. The highest BCUT2D eigenvalue weighted by Crippen LogP contribution is 2.16. The molecule has 2 aromatic carbocycles. The molecule has 0 saturated carbocycles. The summed E-state index contributed by atoms with van der Waals surface area (Å²) in [7, 11) is 1.26. The molecule has 2 rings (SSSR count). The summed E-state index contributed by atoms with van der Waals surface area (Å²) in [5.74, 6) is -0.712. The molecule has 0 saturated heterocycles. The fraction of sp³-hybridized carbons (Fsp3) is 0.250. The van der Waals surface area contributed by atoms with Crippen LogP contribution in [0.25, 0.3) is 0 Å². The van der Waals surface area contributed by atoms with Gasteiger partial charge in [0.05, 0.1) is 24.1 Å². The summed E-state index contributed by atoms with van der Waals surface area (Å²) in [6.07, 6.45) is 0. The van der Waals surface area contributed by atoms with Crippen LogP contribution < -0.4 is 5.32 Å². The van der Waals surface area contributed by atoms with Crippen LogP contribution in [-0.4, -0.2) is 37.3 Å². The number of ether oxygens (including phenoxy) is 2. The van der Waals surface area contributed by atoms with Gasteiger partial charge in [0, 0.05) is 5.75 Å². The van der Waals surface area contributed by atoms with Gasteiger partial charge in [0.15, 0.2) is 6.61 Å². The molecular weight excluding hydrogens is 366 g/mol. The highest BCUT2D eigenvalue weighted by molar-refractivity contribution is 7.99. The molecule has 0 aliphatic rings. The Morgan fingerprint density at radius 1 is 1.04 bits per heavy atom. The molecule has 7 heteroatoms. The van der Waals surface area contributed by atoms with Gasteiger partial charge in [-0.15, -0.1) is 11.8 Å². The molecule has 0 atom stereocenters. The van der Waals surface area contributed by atoms with E-state index in [9.17, 15) is 14.4 Å². The van der Waals surface area contributed by atoms with Gasteiger partial charge in [0.25, 0.3) is 5.91 Å². The van der Waals surface area contributed by atoms with Crippen molar-refractivity contribution in [2.45, 2.75) is 12.7 Å². The molecule has 0 aliphatic heterocycles. The van der Waals surface area contributed by atoms with Crippen LogP contribution in [-0.2, 0) is 24.8 Å². The van der Waals surface area contributed by atoms with Gasteiger partial charge in [0.2, 0.25) is 0 Å². The second-order valence-corrected chi connectivity index (χ2v) is 6.71. The Labute approximate surface area is 162 Å². The molecule has 27 heavy (non-hydrogen) atoms. The van der Waals surface area contributed by atoms with Crippen molar-refractivity contribution in [3.05, 3.63) is 65.2 Å². The lowest BCUT2D eigenvalue weighted by Crippen LogP contribution is -2.22. The van der Waals surface area contributed by atoms with Crippen LogP contribution in [0.1, 0.15) is 21.5 Å². The molecule has 0 bridgehead atoms. The number of benzene rings is 2. The van der Waals surface area contributed by atoms with Crippen LogP contribution in [0.5, 0.6) is 0 Å². The Kier molecular flexibility index (Phi) is 7.88. The number of esters is 2. The third-order valence-electron chi connectivity index (χ3n) is 3.58. The zero-order valence-electron chi connectivity index (χ0n) is 15.2. The number of rotatable bonds is 8. The molecule has 142 valence electrons. The number of nitrogens with one attached hydrogen (secondary N) is 1. The number of hydrogen-bond acceptors (Lipinski definition) is 6. The lowest BCUT2D eigenvalue weighted by Gasteiger charge is -2.10. The summed E-state index contributed by atoms with van der Waals surface area (Å²) >= 11 is 1.42. The number of para-hydroxylation sites is 1. The summed E-state index contributed by atoms with van der Waals surface area (Å²) in [5.41, 5.74) is 2.84. The van der Waals surface area contributed by atoms with Crippen molar-refractivity contribution in [2.24, 2.45) is 0 Å². The Morgan fingerprint density at radius 3 is 2.44 bits per heavy atom. The van der Waals surface area contributed by atoms with Gasteiger partial charge in [-0.05, 0) is 24.6 Å². The van der Waals surface area contributed by atoms with Crippen LogP contribution in [0.3, 0.4) is 0 Å². The van der Waals surface area contributed by atoms with Crippen LogP contribution in [0.2, 0.25) is 0 Å². The molecule has 0 heterocycles. The average Bonchev–Trinajstić information content (AvgIpc) is 2.68. The minimum atomic E-state index is -0.560. The Hall–Kier alpha value is -2.80. The highest BCUT2D eigenvalue weighted by Gasteiger charge is 2.14. The predicted molar refractivity (Wildman–Crippen MR) is 105 cm³/mol. The zero-order chi connectivity index (χ0) is 19.6. The Morgan fingerprint density at radius 2 is 1.74 bits per heavy atom. The molecule has 0 fully saturated rings. The van der Waals surface area contributed by atoms with Crippen molar-refractivity contribution in [1.29, 1.82) is 0 Å². The number of hydrogen-bond donors (Lipinski definition) is 1. The molecule has 2 aromatic rings. The van der Waals surface area contributed by atoms with Gasteiger partial charge >= 0.3 is 11.9 Å². The molecule has 6 nitrogen and oxygen atoms in total. The van der Waals surface area contributed by atoms with Crippen LogP contribution in [0, 0.1) is 6.92 Å². The number of thioether (sulfide) groups is 1. The first-order valence-electron chi connectivity index (χ1n) is 8.25. The first kappa shape index (κ1) is 20.5. The van der Waals surface area contributed by atoms with Crippen molar-refractivity contribution >= 4 is 35.3 Å². The van der Waals surface area contributed by atoms with E-state index in [2.05, 4.69) is 10.1 Å². The van der Waals surface area contributed by atoms with E-state index in [1.165, 1.54) is 30.5 Å². The molecule has 0 radical (unpaired) electrons. The monoisotopic (exact) mass is 387 g/mol. The van der Waals surface area contributed by atoms with Crippen LogP contribution >= 0.6 is 11.8 Å². The maximum absolute atomic E-state index is 12.0. The van der Waals surface area contributed by atoms with E-state index in [4.69, 9.17) is 4.74 Å². The predicted octanol–water partition coefficient (Wildman–Crippen LogP) is 3.20. The molecule has 0 aliphatic carbocycles. The van der Waals surface area contributed by atoms with E-state index in [0.29, 0.717) is 11.4 Å². The number of aryl methyl sites for hydroxylation is 1. The standard InChI is InChI=1S/C20H21NO5S/c1-14-7-9-15(10-8-14)12-27-13-19(23)26-11-18(22)21-17-6-4-3-5-16(17)20(24)25-2/h3-10H,11-13H2,1-2H3,(H,21,22). The quantitative estimate of drug-likeness (QED) is 0.701. The number of amides is 1. The van der Waals surface area contributed by atoms with Crippen molar-refractivity contribution in [3.63, 3.8) is 0 Å². The first-order valence-corrected chi connectivity index (χ1v) is 9.41. The van der Waals surface area contributed by atoms with E-state index in [1.54, 1.807) is 18.2 Å². The Bertz CT molecular complexity index is 804. The smallest absolute Gasteiger partial charge is 0.339 e. The van der Waals surface area contributed by atoms with Crippen molar-refractivity contribution < 1.29 is 23.9 Å². The van der Waals surface area contributed by atoms with Crippen LogP contribution in [0.4, 0.5) is 5.69 Å². The molecule has 0 spiro atoms. The largest absolute Gasteiger partial charge is 0.465 e. The summed E-state index contributed by atoms with van der Waals surface area (Å²) in [6, 6.07) is 14.5. The minimum absolute atomic E-state index is 0.153. The van der Waals surface area contributed by atoms with Gasteiger partial charge < -0.3 is 14.8 Å². The maximum atomic E-state index is 12.0. The van der Waals surface area contributed by atoms with Gasteiger partial charge in [-0.25, -0.2) is 4.79 Å². The lowest BCUT2D eigenvalue weighted by atomic mass is 10.2. The third kappa shape index (κ3) is 6.79. The topological polar surface area (TPSA) is 81.7 Å². The van der Waals surface area contributed by atoms with Crippen molar-refractivity contribution in [3.8, 4) is 0 Å². The number of carbonyl (C=O) groups excluding carboxylic acids is 3. The number of anilines is 1. The first-order chi connectivity index (χ1) is 13.0. The van der Waals surface area contributed by atoms with Gasteiger partial charge in [-0.3, -0.25) is 9.59 Å². The van der Waals surface area contributed by atoms with E-state index in [0.717, 1.165) is 5.56 Å². The van der Waals surface area contributed by atoms with Crippen molar-refractivity contribution in [1.82, 2.24) is 0 Å². The highest BCUT2D eigenvalue weighted by atomic mass is 32.2. The second-order valence-electron chi connectivity index (χ2n) is 5.72. The minimum Gasteiger partial charge on any atom is -0.465 e. The summed E-state index contributed by atoms with van der Waals surface area (Å²) < 4.78 is 9.64. The number of carbonyl (C=O) groups is 3. The van der Waals surface area contributed by atoms with E-state index in [1.807, 2.05) is 31.2 Å². The van der Waals surface area contributed by atoms with Crippen molar-refractivity contribution in [2.75, 3.05) is 24.8 Å². The fourth-order valence-electron chi connectivity index (χ4n) is 2.19. The SMILES string of the molecule is COC(=O)c1ccccc1NC(=O)COC(=O)CSCc1ccc(C)cc1. The van der Waals surface area contributed by atoms with Gasteiger partial charge in [-0.1, -0.05) is 42.0 Å². The van der Waals surface area contributed by atoms with E-state index >= 15 is 0 Å². The zero-order valence-corrected chi connectivity index (χ0v) is 16.0. The van der Waals surface area contributed by atoms with E-state index < -0.39 is 24.5 Å². The summed E-state index contributed by atoms with van der Waals surface area (Å²) in [5, 5.41) is 2.54. The summed E-state index contributed by atoms with van der Waals surface area (Å²) in [4.78, 5) is 35.4. The Balaban J connectivity index is 1.74. The second kappa shape index (κ2) is 10.4. The van der Waals surface area contributed by atoms with Crippen LogP contribution in [0.15, 0.2) is 48.5 Å². The average molecular weight is 387 g/mol. The van der Waals surface area contributed by atoms with Gasteiger partial charge in [-0.2, -0.15) is 0 Å². The molecular formula is C20H21NO5S. The molecule has 1 N–H and O–H groups in total. The van der Waals surface area contributed by atoms with Gasteiger partial charge in [0.1, 0.15) is 0 Å². The maximum Gasteiger partial charge on any atom is 0.339 e.